The Morgan fingerprint density at radius 3 is 2.22 bits per heavy atom. The van der Waals surface area contributed by atoms with Crippen LogP contribution in [-0.4, -0.2) is 24.3 Å². The van der Waals surface area contributed by atoms with Crippen molar-refractivity contribution in [1.82, 2.24) is 5.32 Å². The van der Waals surface area contributed by atoms with E-state index in [4.69, 9.17) is 4.74 Å². The Labute approximate surface area is 182 Å². The van der Waals surface area contributed by atoms with Crippen LogP contribution in [0.25, 0.3) is 0 Å². The van der Waals surface area contributed by atoms with Gasteiger partial charge in [0, 0.05) is 18.2 Å². The Hall–Kier alpha value is -4.07. The van der Waals surface area contributed by atoms with Crippen LogP contribution >= 0.6 is 0 Å². The molecule has 3 amide bonds. The van der Waals surface area contributed by atoms with Gasteiger partial charge in [-0.05, 0) is 67.1 Å². The summed E-state index contributed by atoms with van der Waals surface area (Å²) in [7, 11) is 0. The van der Waals surface area contributed by atoms with Gasteiger partial charge in [0.1, 0.15) is 17.4 Å². The van der Waals surface area contributed by atoms with Crippen molar-refractivity contribution in [3.05, 3.63) is 94.6 Å². The van der Waals surface area contributed by atoms with Crippen LogP contribution in [0.1, 0.15) is 43.6 Å². The van der Waals surface area contributed by atoms with Crippen LogP contribution in [0.15, 0.2) is 60.7 Å². The van der Waals surface area contributed by atoms with E-state index in [1.807, 2.05) is 6.92 Å². The second-order valence-corrected chi connectivity index (χ2v) is 7.09. The van der Waals surface area contributed by atoms with E-state index in [1.165, 1.54) is 18.2 Å². The minimum Gasteiger partial charge on any atom is -0.494 e. The number of hydrogen-bond acceptors (Lipinski definition) is 4. The number of halogens is 2. The zero-order chi connectivity index (χ0) is 22.8. The fourth-order valence-electron chi connectivity index (χ4n) is 3.47. The number of nitrogens with zero attached hydrogens (tertiary/aromatic N) is 1. The van der Waals surface area contributed by atoms with Crippen molar-refractivity contribution in [1.29, 1.82) is 0 Å². The average molecular weight is 436 g/mol. The van der Waals surface area contributed by atoms with Gasteiger partial charge in [0.05, 0.1) is 23.4 Å². The van der Waals surface area contributed by atoms with E-state index in [0.29, 0.717) is 18.0 Å². The summed E-state index contributed by atoms with van der Waals surface area (Å²) in [5.41, 5.74) is 1.08. The van der Waals surface area contributed by atoms with E-state index in [0.717, 1.165) is 23.1 Å². The second-order valence-electron chi connectivity index (χ2n) is 7.09. The topological polar surface area (TPSA) is 75.7 Å². The molecule has 0 atom stereocenters. The van der Waals surface area contributed by atoms with Gasteiger partial charge in [0.2, 0.25) is 0 Å². The van der Waals surface area contributed by atoms with Crippen LogP contribution < -0.4 is 15.0 Å². The predicted octanol–water partition coefficient (Wildman–Crippen LogP) is 4.09. The smallest absolute Gasteiger partial charge is 0.266 e. The molecular weight excluding hydrogens is 418 g/mol. The molecule has 32 heavy (non-hydrogen) atoms. The Balaban J connectivity index is 1.52. The third-order valence-electron chi connectivity index (χ3n) is 4.93. The van der Waals surface area contributed by atoms with Gasteiger partial charge in [0.25, 0.3) is 17.7 Å². The number of rotatable bonds is 6. The van der Waals surface area contributed by atoms with E-state index in [2.05, 4.69) is 5.32 Å². The highest BCUT2D eigenvalue weighted by atomic mass is 19.1. The molecule has 4 rings (SSSR count). The fourth-order valence-corrected chi connectivity index (χ4v) is 3.47. The molecule has 1 N–H and O–H groups in total. The highest BCUT2D eigenvalue weighted by Crippen LogP contribution is 2.30. The maximum atomic E-state index is 13.3. The van der Waals surface area contributed by atoms with Crippen LogP contribution in [0.3, 0.4) is 0 Å². The lowest BCUT2D eigenvalue weighted by Crippen LogP contribution is -2.29. The number of carbonyl (C=O) groups excluding carboxylic acids is 3. The largest absolute Gasteiger partial charge is 0.494 e. The normalized spacial score (nSPS) is 12.7. The Morgan fingerprint density at radius 2 is 1.56 bits per heavy atom. The molecular formula is C24H18F2N2O4. The number of anilines is 1. The summed E-state index contributed by atoms with van der Waals surface area (Å²) < 4.78 is 32.0. The van der Waals surface area contributed by atoms with Crippen LogP contribution in [0.5, 0.6) is 5.75 Å². The molecule has 1 aliphatic heterocycles. The quantitative estimate of drug-likeness (QED) is 0.591. The number of ether oxygens (including phenoxy) is 1. The van der Waals surface area contributed by atoms with Gasteiger partial charge >= 0.3 is 0 Å². The van der Waals surface area contributed by atoms with Crippen molar-refractivity contribution in [2.75, 3.05) is 11.5 Å². The summed E-state index contributed by atoms with van der Waals surface area (Å²) in [6.45, 7) is 2.24. The molecule has 0 aromatic heterocycles. The van der Waals surface area contributed by atoms with Crippen molar-refractivity contribution in [2.24, 2.45) is 0 Å². The van der Waals surface area contributed by atoms with Crippen LogP contribution in [-0.2, 0) is 6.54 Å². The first-order chi connectivity index (χ1) is 15.4. The second kappa shape index (κ2) is 8.58. The summed E-state index contributed by atoms with van der Waals surface area (Å²) in [5.74, 6) is -2.45. The lowest BCUT2D eigenvalue weighted by molar-refractivity contribution is 0.0923. The fraction of sp³-hybridized carbons (Fsp3) is 0.125. The van der Waals surface area contributed by atoms with E-state index < -0.39 is 29.4 Å². The molecule has 0 fully saturated rings. The molecule has 0 unspecified atom stereocenters. The Morgan fingerprint density at radius 1 is 0.906 bits per heavy atom. The van der Waals surface area contributed by atoms with E-state index in [9.17, 15) is 23.2 Å². The molecule has 0 saturated carbocycles. The van der Waals surface area contributed by atoms with Crippen molar-refractivity contribution in [3.63, 3.8) is 0 Å². The highest BCUT2D eigenvalue weighted by Gasteiger charge is 2.37. The van der Waals surface area contributed by atoms with Gasteiger partial charge in [-0.1, -0.05) is 0 Å². The first-order valence-corrected chi connectivity index (χ1v) is 9.86. The number of carbonyl (C=O) groups is 3. The summed E-state index contributed by atoms with van der Waals surface area (Å²) in [4.78, 5) is 39.2. The lowest BCUT2D eigenvalue weighted by atomic mass is 10.1. The predicted molar refractivity (Wildman–Crippen MR) is 113 cm³/mol. The number of hydrogen-bond donors (Lipinski definition) is 1. The molecule has 1 aliphatic rings. The minimum atomic E-state index is -0.745. The summed E-state index contributed by atoms with van der Waals surface area (Å²) in [5, 5.41) is 2.55. The van der Waals surface area contributed by atoms with Gasteiger partial charge in [-0.3, -0.25) is 14.4 Å². The maximum absolute atomic E-state index is 13.3. The number of imide groups is 1. The molecule has 6 nitrogen and oxygen atoms in total. The van der Waals surface area contributed by atoms with Crippen LogP contribution in [0.2, 0.25) is 0 Å². The third-order valence-corrected chi connectivity index (χ3v) is 4.93. The maximum Gasteiger partial charge on any atom is 0.266 e. The van der Waals surface area contributed by atoms with Gasteiger partial charge < -0.3 is 10.1 Å². The molecule has 0 spiro atoms. The molecule has 0 aliphatic carbocycles. The first-order valence-electron chi connectivity index (χ1n) is 9.86. The van der Waals surface area contributed by atoms with Gasteiger partial charge in [-0.25, -0.2) is 13.7 Å². The zero-order valence-electron chi connectivity index (χ0n) is 17.0. The highest BCUT2D eigenvalue weighted by molar-refractivity contribution is 6.34. The van der Waals surface area contributed by atoms with Crippen molar-refractivity contribution >= 4 is 23.4 Å². The van der Waals surface area contributed by atoms with Crippen molar-refractivity contribution in [3.8, 4) is 5.75 Å². The average Bonchev–Trinajstić information content (AvgIpc) is 3.02. The zero-order valence-corrected chi connectivity index (χ0v) is 17.0. The van der Waals surface area contributed by atoms with E-state index in [1.54, 1.807) is 24.3 Å². The van der Waals surface area contributed by atoms with Gasteiger partial charge in [-0.2, -0.15) is 0 Å². The van der Waals surface area contributed by atoms with E-state index in [-0.39, 0.29) is 28.8 Å². The monoisotopic (exact) mass is 436 g/mol. The molecule has 8 heteroatoms. The van der Waals surface area contributed by atoms with E-state index >= 15 is 0 Å². The molecule has 1 heterocycles. The van der Waals surface area contributed by atoms with Gasteiger partial charge in [0.15, 0.2) is 0 Å². The Bertz CT molecular complexity index is 1200. The lowest BCUT2D eigenvalue weighted by Gasteiger charge is -2.14. The van der Waals surface area contributed by atoms with Crippen LogP contribution in [0.4, 0.5) is 14.5 Å². The van der Waals surface area contributed by atoms with Crippen molar-refractivity contribution in [2.45, 2.75) is 13.5 Å². The first kappa shape index (κ1) is 21.2. The number of fused-ring (bicyclic) bond motifs is 1. The molecule has 3 aromatic rings. The summed E-state index contributed by atoms with van der Waals surface area (Å²) in [6, 6.07) is 13.7. The molecule has 0 bridgehead atoms. The molecule has 0 radical (unpaired) electrons. The minimum absolute atomic E-state index is 0.101. The summed E-state index contributed by atoms with van der Waals surface area (Å²) in [6.07, 6.45) is 0. The standard InChI is InChI=1S/C24H18F2N2O4/c1-2-32-19-6-4-18(5-7-19)28-23(30)20-8-3-15(11-21(20)24(28)31)22(29)27-13-14-9-16(25)12-17(26)10-14/h3-12H,2,13H2,1H3,(H,27,29). The number of benzene rings is 3. The third kappa shape index (κ3) is 4.07. The SMILES string of the molecule is CCOc1ccc(N2C(=O)c3ccc(C(=O)NCc4cc(F)cc(F)c4)cc3C2=O)cc1. The molecule has 162 valence electrons. The summed E-state index contributed by atoms with van der Waals surface area (Å²) >= 11 is 0. The number of nitrogens with one attached hydrogen (secondary N) is 1. The van der Waals surface area contributed by atoms with Gasteiger partial charge in [-0.15, -0.1) is 0 Å². The van der Waals surface area contributed by atoms with Crippen LogP contribution in [0, 0.1) is 11.6 Å². The number of amides is 3. The molecule has 0 saturated heterocycles. The Kier molecular flexibility index (Phi) is 5.68. The molecule has 3 aromatic carbocycles. The van der Waals surface area contributed by atoms with Crippen molar-refractivity contribution < 1.29 is 27.9 Å².